The van der Waals surface area contributed by atoms with Crippen LogP contribution in [0.25, 0.3) is 0 Å². The second kappa shape index (κ2) is 23.5. The minimum absolute atomic E-state index is 0. The van der Waals surface area contributed by atoms with Crippen molar-refractivity contribution < 1.29 is 57.2 Å². The van der Waals surface area contributed by atoms with E-state index in [-0.39, 0.29) is 98.6 Å². The lowest BCUT2D eigenvalue weighted by Crippen LogP contribution is -2.64. The fraction of sp³-hybridized carbons (Fsp3) is 0.900. The molecule has 9 fully saturated rings. The van der Waals surface area contributed by atoms with Crippen molar-refractivity contribution in [3.63, 3.8) is 0 Å². The van der Waals surface area contributed by atoms with Crippen LogP contribution in [-0.4, -0.2) is 75.8 Å². The Balaban J connectivity index is 0.000000393. The van der Waals surface area contributed by atoms with Gasteiger partial charge in [-0.2, -0.15) is 0 Å². The molecule has 12 heteroatoms. The molecular weight excluding hydrogens is 913 g/mol. The van der Waals surface area contributed by atoms with Crippen molar-refractivity contribution in [2.75, 3.05) is 6.61 Å². The summed E-state index contributed by atoms with van der Waals surface area (Å²) < 4.78 is 35.6. The standard InChI is InChI=1S/C25H40O5.C22H34O5.C10H20O2.3CH4/c1-5-22(2,3)21(27)30-25-14-18-11-19(15-25)13-24(12-18,17-25)28-16-20(26)29-23(4)9-7-6-8-10-23;1-7-19(3,4)17(24)27-22-11-14-9-21(13-22,10-15(12-22)16(14)23)18(25)26-20(5,6)8-2;1-7-10(5,6)8(11)12-9(2,3)4;;;/h18-19H,5-17H2,1-4H3;14-15H,7-13H2,1-6H3;7H2,1-6H3;3*1H4. The van der Waals surface area contributed by atoms with Crippen molar-refractivity contribution in [3.05, 3.63) is 0 Å². The van der Waals surface area contributed by atoms with E-state index in [1.54, 1.807) is 0 Å². The molecule has 0 radical (unpaired) electrons. The molecule has 8 bridgehead atoms. The molecule has 9 saturated carbocycles. The van der Waals surface area contributed by atoms with Crippen LogP contribution in [-0.2, 0) is 57.2 Å². The number of carbonyl (C=O) groups excluding carboxylic acids is 6. The average Bonchev–Trinajstić information content (AvgIpc) is 3.23. The summed E-state index contributed by atoms with van der Waals surface area (Å²) in [6, 6.07) is 0. The van der Waals surface area contributed by atoms with Crippen LogP contribution in [0.15, 0.2) is 0 Å². The molecule has 9 rings (SSSR count). The first-order valence-electron chi connectivity index (χ1n) is 27.0. The van der Waals surface area contributed by atoms with Crippen LogP contribution in [0, 0.1) is 45.3 Å². The maximum absolute atomic E-state index is 13.2. The van der Waals surface area contributed by atoms with Gasteiger partial charge in [0.25, 0.3) is 0 Å². The summed E-state index contributed by atoms with van der Waals surface area (Å²) in [5.41, 5.74) is -4.75. The topological polar surface area (TPSA) is 158 Å². The molecule has 0 aromatic heterocycles. The fourth-order valence-electron chi connectivity index (χ4n) is 12.4. The number of esters is 5. The Morgan fingerprint density at radius 1 is 0.528 bits per heavy atom. The van der Waals surface area contributed by atoms with Gasteiger partial charge in [0.05, 0.1) is 27.3 Å². The molecule has 0 amide bonds. The van der Waals surface area contributed by atoms with E-state index in [0.29, 0.717) is 50.4 Å². The summed E-state index contributed by atoms with van der Waals surface area (Å²) in [5, 5.41) is 0. The first kappa shape index (κ1) is 65.1. The van der Waals surface area contributed by atoms with Crippen LogP contribution in [0.5, 0.6) is 0 Å². The Kier molecular flexibility index (Phi) is 21.2. The molecular formula is C60H106O12. The van der Waals surface area contributed by atoms with Gasteiger partial charge < -0.3 is 28.4 Å². The Morgan fingerprint density at radius 2 is 0.958 bits per heavy atom. The highest BCUT2D eigenvalue weighted by molar-refractivity contribution is 5.91. The zero-order chi connectivity index (χ0) is 51.9. The zero-order valence-corrected chi connectivity index (χ0v) is 46.1. The molecule has 0 aromatic carbocycles. The number of hydrogen-bond acceptors (Lipinski definition) is 12. The summed E-state index contributed by atoms with van der Waals surface area (Å²) in [6.45, 7) is 31.0. The van der Waals surface area contributed by atoms with Gasteiger partial charge in [0.15, 0.2) is 0 Å². The van der Waals surface area contributed by atoms with Crippen LogP contribution in [0.4, 0.5) is 0 Å². The summed E-state index contributed by atoms with van der Waals surface area (Å²) >= 11 is 0. The summed E-state index contributed by atoms with van der Waals surface area (Å²) in [6.07, 6.45) is 16.8. The third kappa shape index (κ3) is 15.3. The smallest absolute Gasteiger partial charge is 0.332 e. The first-order chi connectivity index (χ1) is 31.6. The zero-order valence-electron chi connectivity index (χ0n) is 46.1. The lowest BCUT2D eigenvalue weighted by Gasteiger charge is -2.60. The van der Waals surface area contributed by atoms with Crippen LogP contribution in [0.1, 0.15) is 261 Å². The predicted octanol–water partition coefficient (Wildman–Crippen LogP) is 14.2. The number of ether oxygens (including phenoxy) is 6. The second-order valence-corrected chi connectivity index (χ2v) is 26.8. The summed E-state index contributed by atoms with van der Waals surface area (Å²) in [4.78, 5) is 75.6. The molecule has 72 heavy (non-hydrogen) atoms. The largest absolute Gasteiger partial charge is 0.460 e. The van der Waals surface area contributed by atoms with Gasteiger partial charge in [0.2, 0.25) is 0 Å². The second-order valence-electron chi connectivity index (χ2n) is 26.8. The van der Waals surface area contributed by atoms with Gasteiger partial charge in [-0.15, -0.1) is 0 Å². The van der Waals surface area contributed by atoms with Crippen molar-refractivity contribution in [3.8, 4) is 0 Å². The van der Waals surface area contributed by atoms with Gasteiger partial charge in [-0.25, -0.2) is 4.79 Å². The molecule has 0 N–H and O–H groups in total. The molecule has 418 valence electrons. The van der Waals surface area contributed by atoms with E-state index in [2.05, 4.69) is 6.92 Å². The van der Waals surface area contributed by atoms with Gasteiger partial charge >= 0.3 is 29.8 Å². The van der Waals surface area contributed by atoms with Crippen LogP contribution in [0.2, 0.25) is 0 Å². The number of carbonyl (C=O) groups is 6. The van der Waals surface area contributed by atoms with E-state index in [9.17, 15) is 28.8 Å². The Labute approximate surface area is 438 Å². The highest BCUT2D eigenvalue weighted by Crippen LogP contribution is 2.63. The molecule has 4 atom stereocenters. The molecule has 9 aliphatic carbocycles. The average molecular weight is 1020 g/mol. The van der Waals surface area contributed by atoms with Crippen molar-refractivity contribution in [1.82, 2.24) is 0 Å². The van der Waals surface area contributed by atoms with E-state index < -0.39 is 33.0 Å². The Morgan fingerprint density at radius 3 is 1.39 bits per heavy atom. The normalized spacial score (nSPS) is 30.8. The number of ketones is 1. The van der Waals surface area contributed by atoms with Gasteiger partial charge in [-0.05, 0) is 204 Å². The number of Topliss-reactive ketones (excluding diaryl/α,β-unsaturated/α-hetero) is 1. The predicted molar refractivity (Wildman–Crippen MR) is 285 cm³/mol. The van der Waals surface area contributed by atoms with Crippen molar-refractivity contribution in [2.45, 2.75) is 295 Å². The molecule has 12 nitrogen and oxygen atoms in total. The van der Waals surface area contributed by atoms with E-state index in [1.165, 1.54) is 12.8 Å². The maximum atomic E-state index is 13.2. The highest BCUT2D eigenvalue weighted by Gasteiger charge is 2.67. The van der Waals surface area contributed by atoms with E-state index in [1.807, 2.05) is 104 Å². The SMILES string of the molecule is C.C.C.CCC(C)(C)C(=O)OC(C)(C)C.CCC(C)(C)C(=O)OC12CC3CC(CC(OCC(=O)OC4(C)CCCCC4)(C3)C1)C2.CCC(C)(C)OC(=O)C12CC3CC(OC(=O)C(C)(C)CC)(CC(C1)C3=O)C2. The highest BCUT2D eigenvalue weighted by atomic mass is 16.6. The van der Waals surface area contributed by atoms with Crippen molar-refractivity contribution >= 4 is 35.6 Å². The minimum Gasteiger partial charge on any atom is -0.460 e. The van der Waals surface area contributed by atoms with Gasteiger partial charge in [0.1, 0.15) is 40.4 Å². The van der Waals surface area contributed by atoms with Crippen molar-refractivity contribution in [2.24, 2.45) is 45.3 Å². The van der Waals surface area contributed by atoms with Crippen LogP contribution >= 0.6 is 0 Å². The summed E-state index contributed by atoms with van der Waals surface area (Å²) in [5.74, 6) is 0.0172. The molecule has 4 unspecified atom stereocenters. The third-order valence-corrected chi connectivity index (χ3v) is 17.7. The molecule has 0 aliphatic heterocycles. The third-order valence-electron chi connectivity index (χ3n) is 17.7. The molecule has 0 aromatic rings. The Bertz CT molecular complexity index is 1860. The monoisotopic (exact) mass is 1020 g/mol. The first-order valence-corrected chi connectivity index (χ1v) is 27.0. The van der Waals surface area contributed by atoms with Crippen LogP contribution < -0.4 is 0 Å². The maximum Gasteiger partial charge on any atom is 0.332 e. The van der Waals surface area contributed by atoms with E-state index in [0.717, 1.165) is 77.0 Å². The van der Waals surface area contributed by atoms with Gasteiger partial charge in [0, 0.05) is 24.7 Å². The van der Waals surface area contributed by atoms with Gasteiger partial charge in [-0.3, -0.25) is 24.0 Å². The van der Waals surface area contributed by atoms with Gasteiger partial charge in [-0.1, -0.05) is 56.4 Å². The van der Waals surface area contributed by atoms with Crippen molar-refractivity contribution in [1.29, 1.82) is 0 Å². The van der Waals surface area contributed by atoms with Crippen LogP contribution in [0.3, 0.4) is 0 Å². The molecule has 0 heterocycles. The number of rotatable bonds is 15. The Hall–Kier alpha value is -3.02. The molecule has 0 saturated heterocycles. The summed E-state index contributed by atoms with van der Waals surface area (Å²) in [7, 11) is 0. The van der Waals surface area contributed by atoms with E-state index >= 15 is 0 Å². The minimum atomic E-state index is -0.696. The lowest BCUT2D eigenvalue weighted by atomic mass is 9.47. The molecule has 9 aliphatic rings. The fourth-order valence-corrected chi connectivity index (χ4v) is 12.4. The van der Waals surface area contributed by atoms with E-state index in [4.69, 9.17) is 28.4 Å². The quantitative estimate of drug-likeness (QED) is 0.113. The molecule has 0 spiro atoms. The number of hydrogen-bond donors (Lipinski definition) is 0. The lowest BCUT2D eigenvalue weighted by molar-refractivity contribution is -0.241.